The normalized spacial score (nSPS) is 13.6. The summed E-state index contributed by atoms with van der Waals surface area (Å²) in [5.41, 5.74) is 3.41. The van der Waals surface area contributed by atoms with Gasteiger partial charge in [-0.15, -0.1) is 0 Å². The van der Waals surface area contributed by atoms with Crippen molar-refractivity contribution >= 4 is 33.2 Å². The highest BCUT2D eigenvalue weighted by Crippen LogP contribution is 2.28. The first kappa shape index (κ1) is 23.2. The number of sulfonamides is 1. The minimum absolute atomic E-state index is 0.245. The summed E-state index contributed by atoms with van der Waals surface area (Å²) >= 11 is 6.20. The molecule has 0 aliphatic heterocycles. The van der Waals surface area contributed by atoms with Crippen molar-refractivity contribution in [3.05, 3.63) is 64.2 Å². The Balaban J connectivity index is 2.30. The van der Waals surface area contributed by atoms with Crippen LogP contribution in [0.5, 0.6) is 0 Å². The second kappa shape index (κ2) is 9.63. The number of benzene rings is 2. The number of carbonyl (C=O) groups is 1. The van der Waals surface area contributed by atoms with Gasteiger partial charge in [0.05, 0.1) is 18.0 Å². The van der Waals surface area contributed by atoms with Crippen molar-refractivity contribution in [2.75, 3.05) is 10.6 Å². The maximum Gasteiger partial charge on any atom is 0.244 e. The average Bonchev–Trinajstić information content (AvgIpc) is 2.67. The molecule has 0 saturated heterocycles. The van der Waals surface area contributed by atoms with Crippen LogP contribution in [-0.2, 0) is 21.2 Å². The predicted octanol–water partition coefficient (Wildman–Crippen LogP) is 4.63. The highest BCUT2D eigenvalue weighted by Gasteiger charge is 2.32. The van der Waals surface area contributed by atoms with E-state index in [1.165, 1.54) is 5.56 Å². The van der Waals surface area contributed by atoms with E-state index in [0.717, 1.165) is 28.1 Å². The largest absolute Gasteiger partial charge is 0.348 e. The standard InChI is InChI=1S/C22H29ClN2O3S/c1-6-17-9-11-18(12-10-17)16(4)24-22(26)21(7-2)25(29(5,27)28)19-13-8-15(3)20(23)14-19/h8-14,16,21H,6-7H2,1-5H3,(H,24,26)/t16-,21-/m0/s1. The lowest BCUT2D eigenvalue weighted by atomic mass is 10.0. The third-order valence-electron chi connectivity index (χ3n) is 4.99. The van der Waals surface area contributed by atoms with Crippen LogP contribution in [0.3, 0.4) is 0 Å². The molecule has 0 heterocycles. The highest BCUT2D eigenvalue weighted by atomic mass is 35.5. The van der Waals surface area contributed by atoms with E-state index in [9.17, 15) is 13.2 Å². The van der Waals surface area contributed by atoms with Crippen LogP contribution in [0.4, 0.5) is 5.69 Å². The Morgan fingerprint density at radius 2 is 1.76 bits per heavy atom. The van der Waals surface area contributed by atoms with Crippen LogP contribution in [0, 0.1) is 6.92 Å². The summed E-state index contributed by atoms with van der Waals surface area (Å²) in [4.78, 5) is 13.0. The summed E-state index contributed by atoms with van der Waals surface area (Å²) in [5, 5.41) is 3.41. The summed E-state index contributed by atoms with van der Waals surface area (Å²) in [6.07, 6.45) is 2.37. The second-order valence-electron chi connectivity index (χ2n) is 7.24. The van der Waals surface area contributed by atoms with Gasteiger partial charge in [0, 0.05) is 5.02 Å². The molecule has 0 fully saturated rings. The zero-order chi connectivity index (χ0) is 21.8. The quantitative estimate of drug-likeness (QED) is 0.655. The minimum atomic E-state index is -3.70. The fraction of sp³-hybridized carbons (Fsp3) is 0.409. The number of nitrogens with one attached hydrogen (secondary N) is 1. The molecule has 0 saturated carbocycles. The molecule has 158 valence electrons. The molecule has 0 bridgehead atoms. The molecular formula is C22H29ClN2O3S. The maximum atomic E-state index is 13.0. The minimum Gasteiger partial charge on any atom is -0.348 e. The Hall–Kier alpha value is -2.05. The first-order valence-corrected chi connectivity index (χ1v) is 12.0. The third kappa shape index (κ3) is 5.73. The highest BCUT2D eigenvalue weighted by molar-refractivity contribution is 7.92. The van der Waals surface area contributed by atoms with E-state index < -0.39 is 16.1 Å². The summed E-state index contributed by atoms with van der Waals surface area (Å²) < 4.78 is 26.3. The van der Waals surface area contributed by atoms with Crippen molar-refractivity contribution in [3.8, 4) is 0 Å². The molecule has 2 aromatic carbocycles. The van der Waals surface area contributed by atoms with Crippen LogP contribution >= 0.6 is 11.6 Å². The Morgan fingerprint density at radius 1 is 1.14 bits per heavy atom. The molecule has 1 amide bonds. The molecule has 0 spiro atoms. The zero-order valence-corrected chi connectivity index (χ0v) is 19.1. The van der Waals surface area contributed by atoms with Gasteiger partial charge in [0.15, 0.2) is 0 Å². The molecular weight excluding hydrogens is 408 g/mol. The molecule has 7 heteroatoms. The number of carbonyl (C=O) groups excluding carboxylic acids is 1. The molecule has 2 rings (SSSR count). The van der Waals surface area contributed by atoms with Gasteiger partial charge >= 0.3 is 0 Å². The first-order chi connectivity index (χ1) is 13.6. The number of halogens is 1. The number of hydrogen-bond donors (Lipinski definition) is 1. The molecule has 29 heavy (non-hydrogen) atoms. The van der Waals surface area contributed by atoms with Gasteiger partial charge < -0.3 is 5.32 Å². The van der Waals surface area contributed by atoms with Crippen molar-refractivity contribution < 1.29 is 13.2 Å². The van der Waals surface area contributed by atoms with Gasteiger partial charge in [0.1, 0.15) is 6.04 Å². The molecule has 5 nitrogen and oxygen atoms in total. The van der Waals surface area contributed by atoms with Crippen LogP contribution in [-0.4, -0.2) is 26.6 Å². The third-order valence-corrected chi connectivity index (χ3v) is 6.57. The van der Waals surface area contributed by atoms with Crippen LogP contribution in [0.1, 0.15) is 49.9 Å². The van der Waals surface area contributed by atoms with Crippen LogP contribution < -0.4 is 9.62 Å². The summed E-state index contributed by atoms with van der Waals surface area (Å²) in [6, 6.07) is 11.9. The summed E-state index contributed by atoms with van der Waals surface area (Å²) in [7, 11) is -3.70. The lowest BCUT2D eigenvalue weighted by Gasteiger charge is -2.31. The summed E-state index contributed by atoms with van der Waals surface area (Å²) in [6.45, 7) is 7.60. The number of aryl methyl sites for hydroxylation is 2. The molecule has 1 N–H and O–H groups in total. The van der Waals surface area contributed by atoms with Crippen LogP contribution in [0.25, 0.3) is 0 Å². The number of anilines is 1. The van der Waals surface area contributed by atoms with Crippen molar-refractivity contribution in [2.45, 2.75) is 52.6 Å². The Morgan fingerprint density at radius 3 is 2.24 bits per heavy atom. The molecule has 0 aliphatic carbocycles. The fourth-order valence-corrected chi connectivity index (χ4v) is 4.59. The van der Waals surface area contributed by atoms with Crippen molar-refractivity contribution in [2.24, 2.45) is 0 Å². The van der Waals surface area contributed by atoms with E-state index in [0.29, 0.717) is 17.1 Å². The van der Waals surface area contributed by atoms with Gasteiger partial charge in [-0.05, 0) is 55.5 Å². The van der Waals surface area contributed by atoms with Gasteiger partial charge in [0.2, 0.25) is 15.9 Å². The molecule has 0 unspecified atom stereocenters. The average molecular weight is 437 g/mol. The van der Waals surface area contributed by atoms with E-state index >= 15 is 0 Å². The fourth-order valence-electron chi connectivity index (χ4n) is 3.21. The lowest BCUT2D eigenvalue weighted by Crippen LogP contribution is -2.49. The SMILES string of the molecule is CCc1ccc([C@H](C)NC(=O)[C@H](CC)N(c2ccc(C)c(Cl)c2)S(C)(=O)=O)cc1. The van der Waals surface area contributed by atoms with Gasteiger partial charge in [0.25, 0.3) is 0 Å². The van der Waals surface area contributed by atoms with Gasteiger partial charge in [-0.3, -0.25) is 9.10 Å². The Labute approximate surface area is 179 Å². The molecule has 0 radical (unpaired) electrons. The molecule has 0 aromatic heterocycles. The Bertz CT molecular complexity index is 959. The van der Waals surface area contributed by atoms with Crippen molar-refractivity contribution in [1.29, 1.82) is 0 Å². The topological polar surface area (TPSA) is 66.5 Å². The lowest BCUT2D eigenvalue weighted by molar-refractivity contribution is -0.122. The van der Waals surface area contributed by atoms with Gasteiger partial charge in [-0.2, -0.15) is 0 Å². The Kier molecular flexibility index (Phi) is 7.72. The van der Waals surface area contributed by atoms with Gasteiger partial charge in [-0.1, -0.05) is 55.8 Å². The van der Waals surface area contributed by atoms with Crippen molar-refractivity contribution in [3.63, 3.8) is 0 Å². The van der Waals surface area contributed by atoms with E-state index in [-0.39, 0.29) is 11.9 Å². The van der Waals surface area contributed by atoms with E-state index in [1.54, 1.807) is 25.1 Å². The molecule has 0 aliphatic rings. The number of hydrogen-bond acceptors (Lipinski definition) is 3. The number of nitrogens with zero attached hydrogens (tertiary/aromatic N) is 1. The van der Waals surface area contributed by atoms with E-state index in [2.05, 4.69) is 12.2 Å². The predicted molar refractivity (Wildman–Crippen MR) is 120 cm³/mol. The first-order valence-electron chi connectivity index (χ1n) is 9.73. The smallest absolute Gasteiger partial charge is 0.244 e. The van der Waals surface area contributed by atoms with Crippen molar-refractivity contribution in [1.82, 2.24) is 5.32 Å². The van der Waals surface area contributed by atoms with Crippen LogP contribution in [0.15, 0.2) is 42.5 Å². The monoisotopic (exact) mass is 436 g/mol. The van der Waals surface area contributed by atoms with E-state index in [4.69, 9.17) is 11.6 Å². The number of rotatable bonds is 8. The molecule has 2 aromatic rings. The summed E-state index contributed by atoms with van der Waals surface area (Å²) in [5.74, 6) is -0.346. The maximum absolute atomic E-state index is 13.0. The molecule has 2 atom stereocenters. The van der Waals surface area contributed by atoms with E-state index in [1.807, 2.05) is 38.1 Å². The van der Waals surface area contributed by atoms with Gasteiger partial charge in [-0.25, -0.2) is 8.42 Å². The second-order valence-corrected chi connectivity index (χ2v) is 9.51. The zero-order valence-electron chi connectivity index (χ0n) is 17.6. The van der Waals surface area contributed by atoms with Crippen LogP contribution in [0.2, 0.25) is 5.02 Å². The number of amides is 1.